The molecule has 0 saturated carbocycles. The molecule has 0 unspecified atom stereocenters. The Hall–Kier alpha value is -0.650. The van der Waals surface area contributed by atoms with Gasteiger partial charge in [0.05, 0.1) is 0 Å². The molecule has 0 bridgehead atoms. The number of rotatable bonds is 5. The van der Waals surface area contributed by atoms with E-state index in [0.717, 1.165) is 35.3 Å². The standard InChI is InChI=1S/C12H17BrN2OS/c1-9-8-10(13)4-5-11(9)15-12(17)14-6-3-7-16-2/h4-5,8H,3,6-7H2,1-2H3,(H2,14,15,17). The first kappa shape index (κ1) is 14.4. The predicted octanol–water partition coefficient (Wildman–Crippen LogP) is 3.08. The number of hydrogen-bond donors (Lipinski definition) is 2. The van der Waals surface area contributed by atoms with Crippen molar-refractivity contribution in [2.24, 2.45) is 0 Å². The Kier molecular flexibility index (Phi) is 6.47. The molecule has 0 aliphatic rings. The van der Waals surface area contributed by atoms with Gasteiger partial charge in [0.25, 0.3) is 0 Å². The van der Waals surface area contributed by atoms with Crippen molar-refractivity contribution in [1.29, 1.82) is 0 Å². The van der Waals surface area contributed by atoms with Gasteiger partial charge in [0.2, 0.25) is 0 Å². The molecule has 17 heavy (non-hydrogen) atoms. The lowest BCUT2D eigenvalue weighted by molar-refractivity contribution is 0.196. The quantitative estimate of drug-likeness (QED) is 0.646. The van der Waals surface area contributed by atoms with E-state index in [1.54, 1.807) is 7.11 Å². The van der Waals surface area contributed by atoms with Crippen molar-refractivity contribution in [1.82, 2.24) is 5.32 Å². The lowest BCUT2D eigenvalue weighted by Gasteiger charge is -2.12. The van der Waals surface area contributed by atoms with Crippen LogP contribution in [0.5, 0.6) is 0 Å². The van der Waals surface area contributed by atoms with Gasteiger partial charge in [0, 0.05) is 30.4 Å². The maximum Gasteiger partial charge on any atom is 0.170 e. The molecule has 0 aromatic heterocycles. The molecule has 1 aromatic carbocycles. The average molecular weight is 317 g/mol. The normalized spacial score (nSPS) is 10.1. The third-order valence-corrected chi connectivity index (χ3v) is 2.99. The highest BCUT2D eigenvalue weighted by Crippen LogP contribution is 2.19. The Morgan fingerprint density at radius 3 is 2.88 bits per heavy atom. The molecule has 1 rings (SSSR count). The van der Waals surface area contributed by atoms with E-state index in [2.05, 4.69) is 32.6 Å². The average Bonchev–Trinajstić information content (AvgIpc) is 2.28. The van der Waals surface area contributed by atoms with Crippen molar-refractivity contribution in [2.45, 2.75) is 13.3 Å². The van der Waals surface area contributed by atoms with E-state index in [1.807, 2.05) is 19.1 Å². The SMILES string of the molecule is COCCCNC(=S)Nc1ccc(Br)cc1C. The summed E-state index contributed by atoms with van der Waals surface area (Å²) in [5.41, 5.74) is 2.18. The lowest BCUT2D eigenvalue weighted by atomic mass is 10.2. The highest BCUT2D eigenvalue weighted by molar-refractivity contribution is 9.10. The molecule has 0 heterocycles. The Morgan fingerprint density at radius 2 is 2.24 bits per heavy atom. The Labute approximate surface area is 116 Å². The summed E-state index contributed by atoms with van der Waals surface area (Å²) in [5, 5.41) is 6.95. The molecule has 0 spiro atoms. The molecule has 0 amide bonds. The fourth-order valence-electron chi connectivity index (χ4n) is 1.35. The molecule has 0 radical (unpaired) electrons. The summed E-state index contributed by atoms with van der Waals surface area (Å²) in [6, 6.07) is 6.04. The number of thiocarbonyl (C=S) groups is 1. The van der Waals surface area contributed by atoms with E-state index >= 15 is 0 Å². The highest BCUT2D eigenvalue weighted by Gasteiger charge is 2.01. The summed E-state index contributed by atoms with van der Waals surface area (Å²) in [6.07, 6.45) is 0.942. The van der Waals surface area contributed by atoms with Crippen LogP contribution in [-0.4, -0.2) is 25.4 Å². The van der Waals surface area contributed by atoms with Crippen LogP contribution in [0.4, 0.5) is 5.69 Å². The van der Waals surface area contributed by atoms with Gasteiger partial charge in [-0.1, -0.05) is 15.9 Å². The molecule has 0 fully saturated rings. The number of ether oxygens (including phenoxy) is 1. The number of hydrogen-bond acceptors (Lipinski definition) is 2. The summed E-state index contributed by atoms with van der Waals surface area (Å²) in [5.74, 6) is 0. The maximum absolute atomic E-state index is 5.20. The molecule has 0 aliphatic carbocycles. The van der Waals surface area contributed by atoms with Gasteiger partial charge in [-0.2, -0.15) is 0 Å². The fraction of sp³-hybridized carbons (Fsp3) is 0.417. The van der Waals surface area contributed by atoms with Crippen molar-refractivity contribution in [3.05, 3.63) is 28.2 Å². The van der Waals surface area contributed by atoms with Crippen LogP contribution in [-0.2, 0) is 4.74 Å². The molecule has 0 atom stereocenters. The van der Waals surface area contributed by atoms with Crippen molar-refractivity contribution < 1.29 is 4.74 Å². The van der Waals surface area contributed by atoms with Gasteiger partial charge in [0.1, 0.15) is 0 Å². The smallest absolute Gasteiger partial charge is 0.170 e. The van der Waals surface area contributed by atoms with Crippen LogP contribution in [0.1, 0.15) is 12.0 Å². The van der Waals surface area contributed by atoms with Crippen LogP contribution in [0.15, 0.2) is 22.7 Å². The van der Waals surface area contributed by atoms with Gasteiger partial charge in [-0.15, -0.1) is 0 Å². The van der Waals surface area contributed by atoms with Crippen LogP contribution in [0.2, 0.25) is 0 Å². The summed E-state index contributed by atoms with van der Waals surface area (Å²) in [7, 11) is 1.70. The van der Waals surface area contributed by atoms with Crippen LogP contribution >= 0.6 is 28.1 Å². The van der Waals surface area contributed by atoms with Crippen LogP contribution in [0, 0.1) is 6.92 Å². The van der Waals surface area contributed by atoms with Crippen LogP contribution in [0.3, 0.4) is 0 Å². The molecular weight excluding hydrogens is 300 g/mol. The number of aryl methyl sites for hydroxylation is 1. The van der Waals surface area contributed by atoms with Gasteiger partial charge < -0.3 is 15.4 Å². The van der Waals surface area contributed by atoms with Crippen molar-refractivity contribution in [2.75, 3.05) is 25.6 Å². The number of benzene rings is 1. The molecule has 94 valence electrons. The largest absolute Gasteiger partial charge is 0.385 e. The number of nitrogens with one attached hydrogen (secondary N) is 2. The van der Waals surface area contributed by atoms with Crippen molar-refractivity contribution in [3.63, 3.8) is 0 Å². The molecular formula is C12H17BrN2OS. The molecule has 0 saturated heterocycles. The Morgan fingerprint density at radius 1 is 1.47 bits per heavy atom. The second-order valence-corrected chi connectivity index (χ2v) is 5.01. The third kappa shape index (κ3) is 5.48. The minimum atomic E-state index is 0.645. The zero-order valence-electron chi connectivity index (χ0n) is 10.0. The van der Waals surface area contributed by atoms with E-state index in [1.165, 1.54) is 0 Å². The summed E-state index contributed by atoms with van der Waals surface area (Å²) < 4.78 is 6.03. The third-order valence-electron chi connectivity index (χ3n) is 2.25. The second kappa shape index (κ2) is 7.63. The minimum absolute atomic E-state index is 0.645. The Bertz CT molecular complexity index is 385. The lowest BCUT2D eigenvalue weighted by Crippen LogP contribution is -2.30. The molecule has 0 aliphatic heterocycles. The van der Waals surface area contributed by atoms with E-state index in [0.29, 0.717) is 5.11 Å². The van der Waals surface area contributed by atoms with Crippen molar-refractivity contribution >= 4 is 38.9 Å². The van der Waals surface area contributed by atoms with Crippen LogP contribution < -0.4 is 10.6 Å². The van der Waals surface area contributed by atoms with Crippen molar-refractivity contribution in [3.8, 4) is 0 Å². The second-order valence-electron chi connectivity index (χ2n) is 3.69. The molecule has 3 nitrogen and oxygen atoms in total. The number of anilines is 1. The number of methoxy groups -OCH3 is 1. The van der Waals surface area contributed by atoms with E-state index in [-0.39, 0.29) is 0 Å². The summed E-state index contributed by atoms with van der Waals surface area (Å²) in [4.78, 5) is 0. The van der Waals surface area contributed by atoms with Crippen LogP contribution in [0.25, 0.3) is 0 Å². The van der Waals surface area contributed by atoms with Gasteiger partial charge in [-0.05, 0) is 49.3 Å². The maximum atomic E-state index is 5.20. The topological polar surface area (TPSA) is 33.3 Å². The highest BCUT2D eigenvalue weighted by atomic mass is 79.9. The monoisotopic (exact) mass is 316 g/mol. The van der Waals surface area contributed by atoms with Gasteiger partial charge in [-0.25, -0.2) is 0 Å². The number of halogens is 1. The van der Waals surface area contributed by atoms with Gasteiger partial charge in [-0.3, -0.25) is 0 Å². The molecule has 5 heteroatoms. The Balaban J connectivity index is 2.40. The van der Waals surface area contributed by atoms with E-state index < -0.39 is 0 Å². The zero-order chi connectivity index (χ0) is 12.7. The summed E-state index contributed by atoms with van der Waals surface area (Å²) >= 11 is 8.63. The van der Waals surface area contributed by atoms with Gasteiger partial charge in [0.15, 0.2) is 5.11 Å². The molecule has 2 N–H and O–H groups in total. The van der Waals surface area contributed by atoms with E-state index in [9.17, 15) is 0 Å². The first-order valence-electron chi connectivity index (χ1n) is 5.43. The minimum Gasteiger partial charge on any atom is -0.385 e. The molecule has 1 aromatic rings. The zero-order valence-corrected chi connectivity index (χ0v) is 12.5. The first-order valence-corrected chi connectivity index (χ1v) is 6.63. The summed E-state index contributed by atoms with van der Waals surface area (Å²) in [6.45, 7) is 3.60. The first-order chi connectivity index (χ1) is 8.13. The predicted molar refractivity (Wildman–Crippen MR) is 79.6 cm³/mol. The van der Waals surface area contributed by atoms with E-state index in [4.69, 9.17) is 17.0 Å². The van der Waals surface area contributed by atoms with Gasteiger partial charge >= 0.3 is 0 Å². The fourth-order valence-corrected chi connectivity index (χ4v) is 2.04.